The fourth-order valence-electron chi connectivity index (χ4n) is 3.04. The van der Waals surface area contributed by atoms with Gasteiger partial charge in [0.1, 0.15) is 0 Å². The number of nitrogens with zero attached hydrogens (tertiary/aromatic N) is 1. The molecule has 1 heterocycles. The first-order valence-electron chi connectivity index (χ1n) is 8.36. The van der Waals surface area contributed by atoms with Crippen LogP contribution < -0.4 is 14.8 Å². The van der Waals surface area contributed by atoms with E-state index >= 15 is 0 Å². The number of nitrogens with one attached hydrogen (secondary N) is 1. The monoisotopic (exact) mass is 370 g/mol. The molecule has 7 nitrogen and oxygen atoms in total. The van der Waals surface area contributed by atoms with Gasteiger partial charge in [0.05, 0.1) is 25.7 Å². The third-order valence-corrected chi connectivity index (χ3v) is 6.14. The van der Waals surface area contributed by atoms with Gasteiger partial charge in [0.15, 0.2) is 21.3 Å². The van der Waals surface area contributed by atoms with Gasteiger partial charge in [0, 0.05) is 19.1 Å². The van der Waals surface area contributed by atoms with Crippen molar-refractivity contribution in [2.75, 3.05) is 38.8 Å². The molecule has 1 unspecified atom stereocenters. The fraction of sp³-hybridized carbons (Fsp3) is 0.588. The van der Waals surface area contributed by atoms with E-state index in [1.54, 1.807) is 19.1 Å². The lowest BCUT2D eigenvalue weighted by atomic mass is 10.1. The van der Waals surface area contributed by atoms with Gasteiger partial charge in [-0.25, -0.2) is 13.2 Å². The summed E-state index contributed by atoms with van der Waals surface area (Å²) in [6, 6.07) is 5.19. The van der Waals surface area contributed by atoms with Gasteiger partial charge in [0.2, 0.25) is 0 Å². The summed E-state index contributed by atoms with van der Waals surface area (Å²) in [6.07, 6.45) is 1.16. The number of hydrogen-bond acceptors (Lipinski definition) is 5. The molecule has 0 saturated carbocycles. The summed E-state index contributed by atoms with van der Waals surface area (Å²) >= 11 is 0. The van der Waals surface area contributed by atoms with E-state index in [2.05, 4.69) is 5.32 Å². The number of sulfone groups is 1. The van der Waals surface area contributed by atoms with E-state index in [0.29, 0.717) is 37.4 Å². The van der Waals surface area contributed by atoms with Crippen molar-refractivity contribution in [1.29, 1.82) is 0 Å². The van der Waals surface area contributed by atoms with Crippen molar-refractivity contribution in [2.45, 2.75) is 25.8 Å². The van der Waals surface area contributed by atoms with Gasteiger partial charge in [-0.15, -0.1) is 0 Å². The van der Waals surface area contributed by atoms with Crippen LogP contribution in [0, 0.1) is 0 Å². The van der Waals surface area contributed by atoms with Crippen LogP contribution >= 0.6 is 0 Å². The van der Waals surface area contributed by atoms with E-state index in [1.165, 1.54) is 0 Å². The topological polar surface area (TPSA) is 84.9 Å². The average Bonchev–Trinajstić information content (AvgIpc) is 2.95. The molecule has 25 heavy (non-hydrogen) atoms. The molecular weight excluding hydrogens is 344 g/mol. The smallest absolute Gasteiger partial charge is 0.317 e. The van der Waals surface area contributed by atoms with Crippen LogP contribution in [0.25, 0.3) is 0 Å². The molecule has 0 aliphatic carbocycles. The van der Waals surface area contributed by atoms with Crippen LogP contribution in [0.15, 0.2) is 18.2 Å². The van der Waals surface area contributed by atoms with Crippen LogP contribution in [-0.2, 0) is 16.3 Å². The quantitative estimate of drug-likeness (QED) is 0.786. The van der Waals surface area contributed by atoms with E-state index in [4.69, 9.17) is 9.47 Å². The zero-order valence-corrected chi connectivity index (χ0v) is 15.8. The van der Waals surface area contributed by atoms with E-state index in [-0.39, 0.29) is 23.6 Å². The van der Waals surface area contributed by atoms with E-state index in [9.17, 15) is 13.2 Å². The molecule has 2 amide bonds. The summed E-state index contributed by atoms with van der Waals surface area (Å²) in [5.41, 5.74) is 1.02. The Kier molecular flexibility index (Phi) is 6.52. The minimum absolute atomic E-state index is 0.0595. The second kappa shape index (κ2) is 8.42. The van der Waals surface area contributed by atoms with Gasteiger partial charge in [0.25, 0.3) is 0 Å². The lowest BCUT2D eigenvalue weighted by molar-refractivity contribution is 0.184. The minimum Gasteiger partial charge on any atom is -0.493 e. The first-order valence-corrected chi connectivity index (χ1v) is 10.2. The highest BCUT2D eigenvalue weighted by molar-refractivity contribution is 7.91. The van der Waals surface area contributed by atoms with Crippen LogP contribution in [0.2, 0.25) is 0 Å². The summed E-state index contributed by atoms with van der Waals surface area (Å²) in [6.45, 7) is 2.81. The fourth-order valence-corrected chi connectivity index (χ4v) is 4.77. The van der Waals surface area contributed by atoms with E-state index < -0.39 is 9.84 Å². The van der Waals surface area contributed by atoms with Crippen LogP contribution in [0.4, 0.5) is 4.79 Å². The molecule has 1 aromatic carbocycles. The highest BCUT2D eigenvalue weighted by Gasteiger charge is 2.33. The largest absolute Gasteiger partial charge is 0.493 e. The molecule has 2 rings (SSSR count). The Labute approximate surface area is 149 Å². The number of benzene rings is 1. The standard InChI is InChI=1S/C17H26N2O5S/c1-4-19(14-8-10-25(21,22)12-14)17(20)18-9-7-13-5-6-15(23-2)16(11-13)24-3/h5-6,11,14H,4,7-10,12H2,1-3H3,(H,18,20). The number of amides is 2. The third kappa shape index (κ3) is 5.01. The molecule has 1 aromatic rings. The van der Waals surface area contributed by atoms with Crippen molar-refractivity contribution in [2.24, 2.45) is 0 Å². The van der Waals surface area contributed by atoms with E-state index in [0.717, 1.165) is 5.56 Å². The Hall–Kier alpha value is -1.96. The Morgan fingerprint density at radius 1 is 1.28 bits per heavy atom. The highest BCUT2D eigenvalue weighted by Crippen LogP contribution is 2.27. The maximum Gasteiger partial charge on any atom is 0.317 e. The molecule has 1 fully saturated rings. The van der Waals surface area contributed by atoms with Crippen molar-refractivity contribution < 1.29 is 22.7 Å². The van der Waals surface area contributed by atoms with Gasteiger partial charge in [-0.3, -0.25) is 0 Å². The van der Waals surface area contributed by atoms with Crippen molar-refractivity contribution in [3.8, 4) is 11.5 Å². The minimum atomic E-state index is -3.01. The first kappa shape index (κ1) is 19.4. The predicted molar refractivity (Wildman–Crippen MR) is 96.1 cm³/mol. The first-order chi connectivity index (χ1) is 11.9. The molecule has 0 radical (unpaired) electrons. The molecular formula is C17H26N2O5S. The maximum atomic E-state index is 12.4. The Morgan fingerprint density at radius 3 is 2.56 bits per heavy atom. The molecule has 0 spiro atoms. The van der Waals surface area contributed by atoms with Crippen LogP contribution in [0.3, 0.4) is 0 Å². The van der Waals surface area contributed by atoms with Gasteiger partial charge in [-0.05, 0) is 37.5 Å². The predicted octanol–water partition coefficient (Wildman–Crippen LogP) is 1.46. The third-order valence-electron chi connectivity index (χ3n) is 4.39. The van der Waals surface area contributed by atoms with Crippen LogP contribution in [0.5, 0.6) is 11.5 Å². The number of methoxy groups -OCH3 is 2. The summed E-state index contributed by atoms with van der Waals surface area (Å²) < 4.78 is 33.7. The van der Waals surface area contributed by atoms with Gasteiger partial charge < -0.3 is 19.7 Å². The Balaban J connectivity index is 1.89. The Bertz CT molecular complexity index is 705. The highest BCUT2D eigenvalue weighted by atomic mass is 32.2. The number of carbonyl (C=O) groups is 1. The van der Waals surface area contributed by atoms with Crippen molar-refractivity contribution >= 4 is 15.9 Å². The zero-order valence-electron chi connectivity index (χ0n) is 14.9. The SMILES string of the molecule is CCN(C(=O)NCCc1ccc(OC)c(OC)c1)C1CCS(=O)(=O)C1. The number of ether oxygens (including phenoxy) is 2. The summed E-state index contributed by atoms with van der Waals surface area (Å²) in [4.78, 5) is 14.0. The summed E-state index contributed by atoms with van der Waals surface area (Å²) in [5.74, 6) is 1.53. The molecule has 1 aliphatic rings. The van der Waals surface area contributed by atoms with Crippen LogP contribution in [-0.4, -0.2) is 64.2 Å². The second-order valence-corrected chi connectivity index (χ2v) is 8.24. The van der Waals surface area contributed by atoms with Gasteiger partial charge in [-0.2, -0.15) is 0 Å². The lowest BCUT2D eigenvalue weighted by Crippen LogP contribution is -2.47. The van der Waals surface area contributed by atoms with Crippen molar-refractivity contribution in [1.82, 2.24) is 10.2 Å². The lowest BCUT2D eigenvalue weighted by Gasteiger charge is -2.27. The zero-order chi connectivity index (χ0) is 18.4. The number of urea groups is 1. The normalized spacial score (nSPS) is 18.6. The summed E-state index contributed by atoms with van der Waals surface area (Å²) in [7, 11) is 0.156. The van der Waals surface area contributed by atoms with Crippen LogP contribution in [0.1, 0.15) is 18.9 Å². The molecule has 1 N–H and O–H groups in total. The molecule has 0 bridgehead atoms. The Morgan fingerprint density at radius 2 is 2.00 bits per heavy atom. The van der Waals surface area contributed by atoms with Gasteiger partial charge in [-0.1, -0.05) is 6.07 Å². The van der Waals surface area contributed by atoms with E-state index in [1.807, 2.05) is 25.1 Å². The summed E-state index contributed by atoms with van der Waals surface area (Å²) in [5, 5.41) is 2.87. The molecule has 1 atom stereocenters. The average molecular weight is 370 g/mol. The molecule has 1 saturated heterocycles. The number of carbonyl (C=O) groups excluding carboxylic acids is 1. The molecule has 0 aromatic heterocycles. The second-order valence-electron chi connectivity index (χ2n) is 6.01. The number of hydrogen-bond donors (Lipinski definition) is 1. The molecule has 8 heteroatoms. The molecule has 1 aliphatic heterocycles. The van der Waals surface area contributed by atoms with Gasteiger partial charge >= 0.3 is 6.03 Å². The number of rotatable bonds is 7. The molecule has 140 valence electrons. The van der Waals surface area contributed by atoms with Crippen molar-refractivity contribution in [3.63, 3.8) is 0 Å². The maximum absolute atomic E-state index is 12.4. The van der Waals surface area contributed by atoms with Crippen molar-refractivity contribution in [3.05, 3.63) is 23.8 Å².